The maximum absolute atomic E-state index is 13.5. The Hall–Kier alpha value is -2.53. The summed E-state index contributed by atoms with van der Waals surface area (Å²) in [6, 6.07) is 17.4. The third-order valence-corrected chi connectivity index (χ3v) is 7.40. The van der Waals surface area contributed by atoms with Gasteiger partial charge in [0.25, 0.3) is 0 Å². The van der Waals surface area contributed by atoms with Gasteiger partial charge in [-0.05, 0) is 59.3 Å². The summed E-state index contributed by atoms with van der Waals surface area (Å²) in [6.45, 7) is -0.301. The van der Waals surface area contributed by atoms with E-state index in [1.807, 2.05) is 0 Å². The average Bonchev–Trinajstić information content (AvgIpc) is 2.74. The van der Waals surface area contributed by atoms with Crippen LogP contribution in [0.1, 0.15) is 17.2 Å². The van der Waals surface area contributed by atoms with E-state index in [4.69, 9.17) is 17.3 Å². The normalized spacial score (nSPS) is 13.1. The summed E-state index contributed by atoms with van der Waals surface area (Å²) in [7, 11) is -4.26. The zero-order valence-corrected chi connectivity index (χ0v) is 19.3. The molecular formula is C22H18ClF3N2O3S2. The predicted octanol–water partition coefficient (Wildman–Crippen LogP) is 5.37. The Labute approximate surface area is 198 Å². The van der Waals surface area contributed by atoms with E-state index in [9.17, 15) is 26.4 Å². The lowest BCUT2D eigenvalue weighted by Crippen LogP contribution is -2.41. The second-order valence-corrected chi connectivity index (χ2v) is 10.4. The molecule has 3 rings (SSSR count). The number of nitrogens with zero attached hydrogens (tertiary/aromatic N) is 1. The maximum atomic E-state index is 13.5. The van der Waals surface area contributed by atoms with Crippen LogP contribution in [0.4, 0.5) is 13.2 Å². The molecule has 3 aromatic carbocycles. The van der Waals surface area contributed by atoms with Crippen LogP contribution in [0.2, 0.25) is 5.02 Å². The van der Waals surface area contributed by atoms with Gasteiger partial charge >= 0.3 is 5.51 Å². The fourth-order valence-corrected chi connectivity index (χ4v) is 5.38. The monoisotopic (exact) mass is 514 g/mol. The summed E-state index contributed by atoms with van der Waals surface area (Å²) in [5, 5.41) is 0.327. The largest absolute Gasteiger partial charge is 0.446 e. The number of nitrogens with two attached hydrogens (primary N) is 1. The number of hydrogen-bond donors (Lipinski definition) is 1. The summed E-state index contributed by atoms with van der Waals surface area (Å²) in [4.78, 5) is 12.3. The van der Waals surface area contributed by atoms with Gasteiger partial charge in [0.2, 0.25) is 15.9 Å². The quantitative estimate of drug-likeness (QED) is 0.410. The lowest BCUT2D eigenvalue weighted by atomic mass is 10.1. The second kappa shape index (κ2) is 10.2. The first-order valence-corrected chi connectivity index (χ1v) is 12.1. The van der Waals surface area contributed by atoms with Crippen LogP contribution < -0.4 is 5.73 Å². The third kappa shape index (κ3) is 6.50. The summed E-state index contributed by atoms with van der Waals surface area (Å²) in [5.41, 5.74) is 1.90. The van der Waals surface area contributed by atoms with E-state index in [0.29, 0.717) is 16.1 Å². The molecule has 11 heteroatoms. The van der Waals surface area contributed by atoms with Crippen molar-refractivity contribution >= 4 is 39.3 Å². The van der Waals surface area contributed by atoms with Gasteiger partial charge in [-0.2, -0.15) is 17.5 Å². The number of benzene rings is 3. The van der Waals surface area contributed by atoms with Crippen molar-refractivity contribution < 1.29 is 26.4 Å². The zero-order chi connectivity index (χ0) is 24.2. The average molecular weight is 515 g/mol. The minimum atomic E-state index is -4.45. The topological polar surface area (TPSA) is 80.5 Å². The minimum Gasteiger partial charge on any atom is -0.368 e. The first kappa shape index (κ1) is 25.1. The van der Waals surface area contributed by atoms with E-state index in [1.165, 1.54) is 48.5 Å². The van der Waals surface area contributed by atoms with Crippen molar-refractivity contribution in [1.82, 2.24) is 4.31 Å². The lowest BCUT2D eigenvalue weighted by Gasteiger charge is -2.29. The molecule has 0 fully saturated rings. The molecule has 0 saturated heterocycles. The van der Waals surface area contributed by atoms with Gasteiger partial charge < -0.3 is 5.73 Å². The molecule has 174 valence electrons. The molecule has 1 amide bonds. The highest BCUT2D eigenvalue weighted by Crippen LogP contribution is 2.37. The Morgan fingerprint density at radius 1 is 0.970 bits per heavy atom. The molecule has 0 saturated carbocycles. The van der Waals surface area contributed by atoms with E-state index in [-0.39, 0.29) is 28.1 Å². The molecule has 5 nitrogen and oxygen atoms in total. The molecule has 0 bridgehead atoms. The highest BCUT2D eigenvalue weighted by molar-refractivity contribution is 8.00. The van der Waals surface area contributed by atoms with Crippen molar-refractivity contribution in [2.45, 2.75) is 27.9 Å². The smallest absolute Gasteiger partial charge is 0.368 e. The summed E-state index contributed by atoms with van der Waals surface area (Å²) in [5.74, 6) is -0.900. The van der Waals surface area contributed by atoms with Gasteiger partial charge in [0.1, 0.15) is 6.04 Å². The van der Waals surface area contributed by atoms with E-state index < -0.39 is 27.5 Å². The molecule has 0 spiro atoms. The molecule has 3 aromatic rings. The van der Waals surface area contributed by atoms with Gasteiger partial charge in [0.15, 0.2) is 0 Å². The van der Waals surface area contributed by atoms with E-state index in [2.05, 4.69) is 0 Å². The number of alkyl halides is 3. The number of sulfonamides is 1. The van der Waals surface area contributed by atoms with Crippen LogP contribution in [0.15, 0.2) is 88.7 Å². The maximum Gasteiger partial charge on any atom is 0.446 e. The van der Waals surface area contributed by atoms with E-state index in [1.54, 1.807) is 30.3 Å². The molecule has 0 unspecified atom stereocenters. The first-order chi connectivity index (χ1) is 15.5. The molecule has 0 aliphatic rings. The number of primary amides is 1. The Bertz CT molecular complexity index is 1200. The Kier molecular flexibility index (Phi) is 7.73. The van der Waals surface area contributed by atoms with Crippen LogP contribution in [0.25, 0.3) is 0 Å². The molecule has 0 radical (unpaired) electrons. The zero-order valence-electron chi connectivity index (χ0n) is 16.9. The fourth-order valence-electron chi connectivity index (χ4n) is 3.14. The van der Waals surface area contributed by atoms with Crippen LogP contribution in [0.5, 0.6) is 0 Å². The van der Waals surface area contributed by atoms with Crippen LogP contribution in [0.3, 0.4) is 0 Å². The van der Waals surface area contributed by atoms with Gasteiger partial charge in [-0.15, -0.1) is 0 Å². The second-order valence-electron chi connectivity index (χ2n) is 6.91. The van der Waals surface area contributed by atoms with Crippen LogP contribution in [0, 0.1) is 0 Å². The summed E-state index contributed by atoms with van der Waals surface area (Å²) in [6.07, 6.45) is 0. The SMILES string of the molecule is NC(=O)[C@@H](c1ccccc1)N(Cc1ccc(SC(F)(F)F)cc1)S(=O)(=O)c1ccc(Cl)cc1. The van der Waals surface area contributed by atoms with Crippen LogP contribution >= 0.6 is 23.4 Å². The van der Waals surface area contributed by atoms with Gasteiger partial charge in [-0.1, -0.05) is 54.1 Å². The number of carbonyl (C=O) groups is 1. The van der Waals surface area contributed by atoms with Crippen molar-refractivity contribution in [3.8, 4) is 0 Å². The third-order valence-electron chi connectivity index (χ3n) is 4.59. The molecular weight excluding hydrogens is 497 g/mol. The number of carbonyl (C=O) groups excluding carboxylic acids is 1. The van der Waals surface area contributed by atoms with Crippen molar-refractivity contribution in [3.63, 3.8) is 0 Å². The van der Waals surface area contributed by atoms with Gasteiger partial charge in [0.05, 0.1) is 4.90 Å². The van der Waals surface area contributed by atoms with Crippen molar-refractivity contribution in [3.05, 3.63) is 95.0 Å². The Balaban J connectivity index is 2.05. The number of amides is 1. The molecule has 2 N–H and O–H groups in total. The Morgan fingerprint density at radius 3 is 2.06 bits per heavy atom. The summed E-state index contributed by atoms with van der Waals surface area (Å²) >= 11 is 5.60. The number of hydrogen-bond acceptors (Lipinski definition) is 4. The minimum absolute atomic E-state index is 0.0483. The molecule has 33 heavy (non-hydrogen) atoms. The van der Waals surface area contributed by atoms with Gasteiger partial charge in [-0.3, -0.25) is 4.79 Å². The molecule has 1 atom stereocenters. The standard InChI is InChI=1S/C22H18ClF3N2O3S2/c23-17-8-12-19(13-9-17)33(30,31)28(20(21(27)29)16-4-2-1-3-5-16)14-15-6-10-18(11-7-15)32-22(24,25)26/h1-13,20H,14H2,(H2,27,29)/t20-/m1/s1. The number of thioether (sulfide) groups is 1. The highest BCUT2D eigenvalue weighted by atomic mass is 35.5. The number of halogens is 4. The van der Waals surface area contributed by atoms with Crippen LogP contribution in [-0.4, -0.2) is 24.1 Å². The van der Waals surface area contributed by atoms with Crippen LogP contribution in [-0.2, 0) is 21.4 Å². The molecule has 0 aliphatic heterocycles. The van der Waals surface area contributed by atoms with E-state index in [0.717, 1.165) is 4.31 Å². The molecule has 0 aromatic heterocycles. The van der Waals surface area contributed by atoms with Gasteiger partial charge in [0, 0.05) is 16.5 Å². The van der Waals surface area contributed by atoms with Gasteiger partial charge in [-0.25, -0.2) is 8.42 Å². The molecule has 0 aliphatic carbocycles. The van der Waals surface area contributed by atoms with Crippen molar-refractivity contribution in [1.29, 1.82) is 0 Å². The Morgan fingerprint density at radius 2 is 1.55 bits per heavy atom. The highest BCUT2D eigenvalue weighted by Gasteiger charge is 2.36. The van der Waals surface area contributed by atoms with Crippen molar-refractivity contribution in [2.24, 2.45) is 5.73 Å². The van der Waals surface area contributed by atoms with Crippen molar-refractivity contribution in [2.75, 3.05) is 0 Å². The predicted molar refractivity (Wildman–Crippen MR) is 121 cm³/mol. The number of rotatable bonds is 8. The van der Waals surface area contributed by atoms with E-state index >= 15 is 0 Å². The first-order valence-electron chi connectivity index (χ1n) is 9.44. The molecule has 0 heterocycles. The summed E-state index contributed by atoms with van der Waals surface area (Å²) < 4.78 is 65.9. The lowest BCUT2D eigenvalue weighted by molar-refractivity contribution is -0.122. The fraction of sp³-hybridized carbons (Fsp3) is 0.136.